The Morgan fingerprint density at radius 2 is 1.96 bits per heavy atom. The molecule has 1 fully saturated rings. The number of nitrogens with zero attached hydrogens (tertiary/aromatic N) is 5. The van der Waals surface area contributed by atoms with E-state index in [0.717, 1.165) is 24.6 Å². The van der Waals surface area contributed by atoms with Crippen molar-refractivity contribution in [3.8, 4) is 0 Å². The van der Waals surface area contributed by atoms with Crippen LogP contribution in [0.25, 0.3) is 0 Å². The minimum atomic E-state index is -0.570. The first-order valence-electron chi connectivity index (χ1n) is 9.87. The first-order chi connectivity index (χ1) is 13.0. The van der Waals surface area contributed by atoms with Crippen LogP contribution < -0.4 is 4.57 Å². The molecule has 3 heterocycles. The summed E-state index contributed by atoms with van der Waals surface area (Å²) >= 11 is 0. The van der Waals surface area contributed by atoms with Crippen molar-refractivity contribution < 1.29 is 18.9 Å². The molecule has 1 aromatic rings. The van der Waals surface area contributed by atoms with Gasteiger partial charge in [-0.1, -0.05) is 31.2 Å². The number of hydrogen-bond donors (Lipinski definition) is 0. The second-order valence-corrected chi connectivity index (χ2v) is 7.09. The Labute approximate surface area is 160 Å². The van der Waals surface area contributed by atoms with Gasteiger partial charge in [-0.25, -0.2) is 13.9 Å². The number of aliphatic imine (C=N–C) groups is 1. The molecule has 1 saturated heterocycles. The van der Waals surface area contributed by atoms with Crippen molar-refractivity contribution in [3.05, 3.63) is 11.9 Å². The van der Waals surface area contributed by atoms with Gasteiger partial charge in [0.1, 0.15) is 11.9 Å². The summed E-state index contributed by atoms with van der Waals surface area (Å²) in [5.41, 5.74) is 1.08. The lowest BCUT2D eigenvalue weighted by atomic mass is 10.1. The van der Waals surface area contributed by atoms with Gasteiger partial charge in [-0.3, -0.25) is 14.6 Å². The highest BCUT2D eigenvalue weighted by Gasteiger charge is 2.52. The highest BCUT2D eigenvalue weighted by Crippen LogP contribution is 2.29. The van der Waals surface area contributed by atoms with E-state index in [2.05, 4.69) is 16.5 Å². The summed E-state index contributed by atoms with van der Waals surface area (Å²) in [4.78, 5) is 33.1. The highest BCUT2D eigenvalue weighted by atomic mass is 16.5. The van der Waals surface area contributed by atoms with Crippen molar-refractivity contribution in [1.29, 1.82) is 0 Å². The van der Waals surface area contributed by atoms with Crippen LogP contribution in [0.3, 0.4) is 0 Å². The Hall–Kier alpha value is -2.22. The van der Waals surface area contributed by atoms with Gasteiger partial charge in [0.05, 0.1) is 19.7 Å². The van der Waals surface area contributed by atoms with Gasteiger partial charge in [0.15, 0.2) is 0 Å². The minimum Gasteiger partial charge on any atom is -0.380 e. The second kappa shape index (κ2) is 8.21. The van der Waals surface area contributed by atoms with Crippen LogP contribution in [0.15, 0.2) is 11.2 Å². The summed E-state index contributed by atoms with van der Waals surface area (Å²) in [6.45, 7) is 8.15. The lowest BCUT2D eigenvalue weighted by Gasteiger charge is -2.32. The number of carbonyl (C=O) groups excluding carboxylic acids is 2. The third-order valence-corrected chi connectivity index (χ3v) is 5.22. The van der Waals surface area contributed by atoms with Crippen molar-refractivity contribution in [1.82, 2.24) is 14.4 Å². The van der Waals surface area contributed by atoms with E-state index in [1.54, 1.807) is 7.05 Å². The maximum atomic E-state index is 13.1. The van der Waals surface area contributed by atoms with Crippen LogP contribution in [-0.4, -0.2) is 58.9 Å². The van der Waals surface area contributed by atoms with Gasteiger partial charge >= 0.3 is 12.0 Å². The summed E-state index contributed by atoms with van der Waals surface area (Å²) in [7, 11) is 1.68. The number of amides is 3. The molecule has 148 valence electrons. The van der Waals surface area contributed by atoms with Crippen molar-refractivity contribution in [2.24, 2.45) is 4.99 Å². The van der Waals surface area contributed by atoms with Crippen LogP contribution in [-0.2, 0) is 16.1 Å². The van der Waals surface area contributed by atoms with E-state index in [1.807, 2.05) is 24.6 Å². The first-order valence-corrected chi connectivity index (χ1v) is 9.87. The quantitative estimate of drug-likeness (QED) is 0.490. The van der Waals surface area contributed by atoms with E-state index in [9.17, 15) is 9.59 Å². The molecule has 3 rings (SSSR count). The number of imide groups is 1. The summed E-state index contributed by atoms with van der Waals surface area (Å²) in [6, 6.07) is -0.911. The molecule has 0 aromatic carbocycles. The summed E-state index contributed by atoms with van der Waals surface area (Å²) in [5.74, 6) is 1.03. The summed E-state index contributed by atoms with van der Waals surface area (Å²) in [5, 5.41) is 0. The standard InChI is InChI=1S/C19H30N5O3/c1-5-7-8-9-10-22-14(3)13-24-15-16(20-18(22)24)21(4)19(26)23(17(15)25)11-12-27-6-2/h13,15H,5-12H2,1-4H3/q+1. The highest BCUT2D eigenvalue weighted by molar-refractivity contribution is 6.19. The van der Waals surface area contributed by atoms with Crippen LogP contribution in [0.4, 0.5) is 10.7 Å². The molecule has 1 aromatic heterocycles. The molecule has 2 aliphatic rings. The topological polar surface area (TPSA) is 71.0 Å². The number of hydrogen-bond acceptors (Lipinski definition) is 4. The number of ether oxygens (including phenoxy) is 1. The maximum Gasteiger partial charge on any atom is 0.401 e. The number of imidazole rings is 1. The second-order valence-electron chi connectivity index (χ2n) is 7.09. The molecule has 1 atom stereocenters. The molecule has 0 aliphatic carbocycles. The lowest BCUT2D eigenvalue weighted by molar-refractivity contribution is -0.677. The third-order valence-electron chi connectivity index (χ3n) is 5.22. The molecular formula is C19H30N5O3+. The lowest BCUT2D eigenvalue weighted by Crippen LogP contribution is -2.63. The SMILES string of the molecule is CCCCCCn1c(C)c[n+]2c1N=C1C2C(=O)N(CCOCC)C(=O)N1C. The van der Waals surface area contributed by atoms with Crippen molar-refractivity contribution in [2.45, 2.75) is 59.0 Å². The van der Waals surface area contributed by atoms with Gasteiger partial charge in [-0.15, -0.1) is 0 Å². The van der Waals surface area contributed by atoms with Gasteiger partial charge in [0, 0.05) is 13.7 Å². The predicted molar refractivity (Wildman–Crippen MR) is 101 cm³/mol. The van der Waals surface area contributed by atoms with Crippen molar-refractivity contribution in [2.75, 3.05) is 26.8 Å². The number of carbonyl (C=O) groups is 2. The number of aryl methyl sites for hydroxylation is 1. The Morgan fingerprint density at radius 3 is 2.67 bits per heavy atom. The van der Waals surface area contributed by atoms with Gasteiger partial charge in [-0.2, -0.15) is 0 Å². The number of urea groups is 1. The minimum absolute atomic E-state index is 0.233. The first kappa shape index (κ1) is 19.5. The number of amidine groups is 1. The van der Waals surface area contributed by atoms with E-state index in [0.29, 0.717) is 19.0 Å². The number of rotatable bonds is 9. The fourth-order valence-electron chi connectivity index (χ4n) is 3.71. The normalized spacial score (nSPS) is 18.8. The Bertz CT molecular complexity index is 755. The molecule has 1 unspecified atom stereocenters. The Morgan fingerprint density at radius 1 is 1.19 bits per heavy atom. The molecule has 0 radical (unpaired) electrons. The summed E-state index contributed by atoms with van der Waals surface area (Å²) in [6.07, 6.45) is 6.64. The zero-order chi connectivity index (χ0) is 19.6. The van der Waals surface area contributed by atoms with Gasteiger partial charge in [-0.05, 0) is 20.3 Å². The Balaban J connectivity index is 1.85. The van der Waals surface area contributed by atoms with Crippen LogP contribution in [0.2, 0.25) is 0 Å². The predicted octanol–water partition coefficient (Wildman–Crippen LogP) is 2.18. The molecule has 0 saturated carbocycles. The molecule has 0 spiro atoms. The number of aromatic nitrogens is 2. The molecule has 2 aliphatic heterocycles. The average Bonchev–Trinajstić information content (AvgIpc) is 3.15. The fraction of sp³-hybridized carbons (Fsp3) is 0.684. The number of likely N-dealkylation sites (N-methyl/N-ethyl adjacent to an activating group) is 1. The van der Waals surface area contributed by atoms with Crippen LogP contribution in [0, 0.1) is 6.92 Å². The molecule has 3 amide bonds. The van der Waals surface area contributed by atoms with E-state index in [-0.39, 0.29) is 18.5 Å². The number of unbranched alkanes of at least 4 members (excludes halogenated alkanes) is 3. The monoisotopic (exact) mass is 376 g/mol. The molecule has 27 heavy (non-hydrogen) atoms. The van der Waals surface area contributed by atoms with Gasteiger partial charge in [0.2, 0.25) is 11.9 Å². The molecule has 8 nitrogen and oxygen atoms in total. The van der Waals surface area contributed by atoms with Gasteiger partial charge in [0.25, 0.3) is 5.91 Å². The Kier molecular flexibility index (Phi) is 5.94. The molecule has 0 N–H and O–H groups in total. The largest absolute Gasteiger partial charge is 0.401 e. The zero-order valence-corrected chi connectivity index (χ0v) is 16.8. The molecule has 8 heteroatoms. The number of fused-ring (bicyclic) bond motifs is 3. The van der Waals surface area contributed by atoms with E-state index >= 15 is 0 Å². The van der Waals surface area contributed by atoms with E-state index < -0.39 is 6.04 Å². The zero-order valence-electron chi connectivity index (χ0n) is 16.8. The van der Waals surface area contributed by atoms with Crippen molar-refractivity contribution in [3.63, 3.8) is 0 Å². The average molecular weight is 376 g/mol. The van der Waals surface area contributed by atoms with E-state index in [1.165, 1.54) is 29.1 Å². The maximum absolute atomic E-state index is 13.1. The van der Waals surface area contributed by atoms with Gasteiger partial charge < -0.3 is 4.74 Å². The smallest absolute Gasteiger partial charge is 0.380 e. The van der Waals surface area contributed by atoms with E-state index in [4.69, 9.17) is 4.74 Å². The molecular weight excluding hydrogens is 346 g/mol. The third kappa shape index (κ3) is 3.50. The fourth-order valence-corrected chi connectivity index (χ4v) is 3.71. The van der Waals surface area contributed by atoms with Crippen LogP contribution >= 0.6 is 0 Å². The van der Waals surface area contributed by atoms with Crippen LogP contribution in [0.5, 0.6) is 0 Å². The van der Waals surface area contributed by atoms with Crippen molar-refractivity contribution >= 4 is 23.7 Å². The van der Waals surface area contributed by atoms with Crippen LogP contribution in [0.1, 0.15) is 51.3 Å². The molecule has 0 bridgehead atoms. The summed E-state index contributed by atoms with van der Waals surface area (Å²) < 4.78 is 9.39.